The Hall–Kier alpha value is -3.58. The summed E-state index contributed by atoms with van der Waals surface area (Å²) < 4.78 is 44.8. The van der Waals surface area contributed by atoms with Gasteiger partial charge in [-0.1, -0.05) is 60.1 Å². The van der Waals surface area contributed by atoms with Crippen molar-refractivity contribution in [3.8, 4) is 0 Å². The molecule has 0 fully saturated rings. The number of hydrogen-bond donors (Lipinski definition) is 1. The van der Waals surface area contributed by atoms with Gasteiger partial charge in [0, 0.05) is 5.02 Å². The molecule has 0 saturated heterocycles. The molecule has 0 aliphatic heterocycles. The largest absolute Gasteiger partial charge is 0.452 e. The molecule has 4 nitrogen and oxygen atoms in total. The first-order valence-corrected chi connectivity index (χ1v) is 9.86. The molecule has 0 saturated carbocycles. The number of carbonyl (C=O) groups is 2. The van der Waals surface area contributed by atoms with Crippen LogP contribution in [0.2, 0.25) is 5.02 Å². The number of benzene rings is 4. The van der Waals surface area contributed by atoms with E-state index in [0.29, 0.717) is 16.8 Å². The van der Waals surface area contributed by atoms with Crippen LogP contribution in [0.4, 0.5) is 18.9 Å². The molecule has 4 rings (SSSR count). The lowest BCUT2D eigenvalue weighted by atomic mass is 9.97. The Bertz CT molecular complexity index is 1300. The summed E-state index contributed by atoms with van der Waals surface area (Å²) in [6, 6.07) is 19.4. The second kappa shape index (κ2) is 8.51. The van der Waals surface area contributed by atoms with Crippen molar-refractivity contribution in [3.05, 3.63) is 88.9 Å². The molecule has 1 amide bonds. The van der Waals surface area contributed by atoms with Gasteiger partial charge in [-0.15, -0.1) is 0 Å². The highest BCUT2D eigenvalue weighted by Gasteiger charge is 2.34. The van der Waals surface area contributed by atoms with Gasteiger partial charge in [-0.05, 0) is 45.8 Å². The Kier molecular flexibility index (Phi) is 5.76. The number of nitrogens with one attached hydrogen (secondary N) is 1. The van der Waals surface area contributed by atoms with E-state index in [0.717, 1.165) is 16.8 Å². The number of carbonyl (C=O) groups excluding carboxylic acids is 2. The highest BCUT2D eigenvalue weighted by atomic mass is 35.5. The molecule has 0 aliphatic carbocycles. The van der Waals surface area contributed by atoms with Crippen LogP contribution < -0.4 is 5.32 Å². The van der Waals surface area contributed by atoms with Gasteiger partial charge in [0.25, 0.3) is 5.91 Å². The number of esters is 1. The Morgan fingerprint density at radius 3 is 2.06 bits per heavy atom. The Morgan fingerprint density at radius 2 is 1.47 bits per heavy atom. The zero-order valence-corrected chi connectivity index (χ0v) is 17.1. The van der Waals surface area contributed by atoms with Crippen LogP contribution in [0.25, 0.3) is 21.5 Å². The Morgan fingerprint density at radius 1 is 0.875 bits per heavy atom. The summed E-state index contributed by atoms with van der Waals surface area (Å²) in [6.45, 7) is -0.754. The van der Waals surface area contributed by atoms with Gasteiger partial charge in [-0.3, -0.25) is 4.79 Å². The second-order valence-corrected chi connectivity index (χ2v) is 7.44. The van der Waals surface area contributed by atoms with Crippen LogP contribution in [0.1, 0.15) is 15.9 Å². The van der Waals surface area contributed by atoms with Crippen LogP contribution in [0.3, 0.4) is 0 Å². The molecule has 4 aromatic carbocycles. The number of rotatable bonds is 4. The van der Waals surface area contributed by atoms with E-state index in [9.17, 15) is 22.8 Å². The molecule has 0 atom stereocenters. The fourth-order valence-corrected chi connectivity index (χ4v) is 3.66. The summed E-state index contributed by atoms with van der Waals surface area (Å²) >= 11 is 5.64. The lowest BCUT2D eigenvalue weighted by Crippen LogP contribution is -2.23. The third kappa shape index (κ3) is 4.38. The zero-order valence-electron chi connectivity index (χ0n) is 16.4. The van der Waals surface area contributed by atoms with Gasteiger partial charge < -0.3 is 10.1 Å². The molecule has 0 unspecified atom stereocenters. The van der Waals surface area contributed by atoms with Gasteiger partial charge in [0.05, 0.1) is 16.8 Å². The molecular formula is C24H15ClF3NO3. The van der Waals surface area contributed by atoms with E-state index in [1.54, 1.807) is 24.3 Å². The summed E-state index contributed by atoms with van der Waals surface area (Å²) in [5.74, 6) is -1.66. The summed E-state index contributed by atoms with van der Waals surface area (Å²) in [7, 11) is 0. The third-order valence-corrected chi connectivity index (χ3v) is 5.11. The van der Waals surface area contributed by atoms with Gasteiger partial charge in [-0.2, -0.15) is 13.2 Å². The van der Waals surface area contributed by atoms with Crippen LogP contribution in [0, 0.1) is 0 Å². The van der Waals surface area contributed by atoms with Gasteiger partial charge in [-0.25, -0.2) is 4.79 Å². The highest BCUT2D eigenvalue weighted by molar-refractivity contribution is 6.30. The molecule has 0 bridgehead atoms. The van der Waals surface area contributed by atoms with Crippen molar-refractivity contribution >= 4 is 50.7 Å². The third-order valence-electron chi connectivity index (χ3n) is 4.87. The van der Waals surface area contributed by atoms with Crippen LogP contribution >= 0.6 is 11.6 Å². The molecule has 1 N–H and O–H groups in total. The topological polar surface area (TPSA) is 55.4 Å². The quantitative estimate of drug-likeness (QED) is 0.282. The molecule has 162 valence electrons. The minimum Gasteiger partial charge on any atom is -0.452 e. The predicted molar refractivity (Wildman–Crippen MR) is 117 cm³/mol. The number of hydrogen-bond acceptors (Lipinski definition) is 3. The van der Waals surface area contributed by atoms with Crippen molar-refractivity contribution < 1.29 is 27.5 Å². The SMILES string of the molecule is O=C(COC(=O)c1c2ccccc2cc2ccccc12)Nc1ccc(Cl)cc1C(F)(F)F. The molecule has 32 heavy (non-hydrogen) atoms. The summed E-state index contributed by atoms with van der Waals surface area (Å²) in [6.07, 6.45) is -4.72. The van der Waals surface area contributed by atoms with Crippen molar-refractivity contribution in [3.63, 3.8) is 0 Å². The number of fused-ring (bicyclic) bond motifs is 2. The van der Waals surface area contributed by atoms with E-state index < -0.39 is 35.9 Å². The van der Waals surface area contributed by atoms with E-state index in [2.05, 4.69) is 5.32 Å². The van der Waals surface area contributed by atoms with E-state index in [-0.39, 0.29) is 10.6 Å². The Balaban J connectivity index is 1.57. The van der Waals surface area contributed by atoms with Crippen molar-refractivity contribution in [2.45, 2.75) is 6.18 Å². The molecule has 0 radical (unpaired) electrons. The van der Waals surface area contributed by atoms with Crippen molar-refractivity contribution in [1.82, 2.24) is 0 Å². The molecular weight excluding hydrogens is 443 g/mol. The highest BCUT2D eigenvalue weighted by Crippen LogP contribution is 2.36. The lowest BCUT2D eigenvalue weighted by Gasteiger charge is -2.15. The van der Waals surface area contributed by atoms with E-state index >= 15 is 0 Å². The van der Waals surface area contributed by atoms with E-state index in [4.69, 9.17) is 16.3 Å². The fraction of sp³-hybridized carbons (Fsp3) is 0.0833. The molecule has 0 spiro atoms. The van der Waals surface area contributed by atoms with E-state index in [1.807, 2.05) is 30.3 Å². The number of alkyl halides is 3. The van der Waals surface area contributed by atoms with Gasteiger partial charge >= 0.3 is 12.1 Å². The maximum absolute atomic E-state index is 13.2. The van der Waals surface area contributed by atoms with Gasteiger partial charge in [0.15, 0.2) is 6.61 Å². The average molecular weight is 458 g/mol. The van der Waals surface area contributed by atoms with E-state index in [1.165, 1.54) is 6.07 Å². The van der Waals surface area contributed by atoms with Crippen molar-refractivity contribution in [2.24, 2.45) is 0 Å². The smallest absolute Gasteiger partial charge is 0.418 e. The lowest BCUT2D eigenvalue weighted by molar-refractivity contribution is -0.137. The van der Waals surface area contributed by atoms with Crippen LogP contribution in [0.15, 0.2) is 72.8 Å². The van der Waals surface area contributed by atoms with Crippen molar-refractivity contribution in [2.75, 3.05) is 11.9 Å². The number of amides is 1. The summed E-state index contributed by atoms with van der Waals surface area (Å²) in [5.41, 5.74) is -1.28. The zero-order chi connectivity index (χ0) is 22.9. The molecule has 0 aliphatic rings. The van der Waals surface area contributed by atoms with Gasteiger partial charge in [0.1, 0.15) is 0 Å². The number of halogens is 4. The van der Waals surface area contributed by atoms with Crippen LogP contribution in [0.5, 0.6) is 0 Å². The first-order valence-electron chi connectivity index (χ1n) is 9.48. The maximum atomic E-state index is 13.2. The molecule has 8 heteroatoms. The normalized spacial score (nSPS) is 11.5. The second-order valence-electron chi connectivity index (χ2n) is 7.01. The number of anilines is 1. The average Bonchev–Trinajstić information content (AvgIpc) is 2.76. The molecule has 4 aromatic rings. The van der Waals surface area contributed by atoms with Crippen LogP contribution in [-0.2, 0) is 15.7 Å². The minimum absolute atomic E-state index is 0.121. The first kappa shape index (κ1) is 21.6. The fourth-order valence-electron chi connectivity index (χ4n) is 3.48. The van der Waals surface area contributed by atoms with Crippen LogP contribution in [-0.4, -0.2) is 18.5 Å². The van der Waals surface area contributed by atoms with Gasteiger partial charge in [0.2, 0.25) is 0 Å². The summed E-state index contributed by atoms with van der Waals surface area (Å²) in [5, 5.41) is 4.94. The first-order chi connectivity index (χ1) is 15.2. The maximum Gasteiger partial charge on any atom is 0.418 e. The molecule has 0 heterocycles. The standard InChI is InChI=1S/C24H15ClF3NO3/c25-16-9-10-20(19(12-16)24(26,27)28)29-21(30)13-32-23(31)22-17-7-3-1-5-14(17)11-15-6-2-4-8-18(15)22/h1-12H,13H2,(H,29,30). The minimum atomic E-state index is -4.72. The molecule has 0 aromatic heterocycles. The number of ether oxygens (including phenoxy) is 1. The van der Waals surface area contributed by atoms with Crippen molar-refractivity contribution in [1.29, 1.82) is 0 Å². The monoisotopic (exact) mass is 457 g/mol. The predicted octanol–water partition coefficient (Wildman–Crippen LogP) is 6.46. The Labute approximate surface area is 185 Å². The summed E-state index contributed by atoms with van der Waals surface area (Å²) in [4.78, 5) is 25.2.